The fourth-order valence-corrected chi connectivity index (χ4v) is 3.09. The number of nitrogens with zero attached hydrogens (tertiary/aromatic N) is 2. The number of aryl methyl sites for hydroxylation is 1. The lowest BCUT2D eigenvalue weighted by atomic mass is 10.0. The van der Waals surface area contributed by atoms with E-state index in [1.54, 1.807) is 0 Å². The van der Waals surface area contributed by atoms with Crippen molar-refractivity contribution in [3.05, 3.63) is 30.0 Å². The third kappa shape index (κ3) is 2.52. The summed E-state index contributed by atoms with van der Waals surface area (Å²) in [6.45, 7) is 4.31. The van der Waals surface area contributed by atoms with Crippen molar-refractivity contribution in [3.63, 3.8) is 0 Å². The molecule has 0 atom stereocenters. The maximum Gasteiger partial charge on any atom is 0.0841 e. The first-order chi connectivity index (χ1) is 9.24. The van der Waals surface area contributed by atoms with Crippen LogP contribution in [0.4, 0.5) is 0 Å². The Bertz CT molecular complexity index is 566. The minimum Gasteiger partial charge on any atom is -0.311 e. The van der Waals surface area contributed by atoms with Crippen LogP contribution in [-0.4, -0.2) is 16.3 Å². The highest BCUT2D eigenvalue weighted by atomic mass is 15.3. The van der Waals surface area contributed by atoms with Crippen LogP contribution in [0, 0.1) is 5.41 Å². The molecular formula is C16H23N3. The summed E-state index contributed by atoms with van der Waals surface area (Å²) >= 11 is 0. The van der Waals surface area contributed by atoms with E-state index in [1.165, 1.54) is 42.3 Å². The Labute approximate surface area is 115 Å². The molecule has 0 saturated heterocycles. The largest absolute Gasteiger partial charge is 0.311 e. The number of rotatable bonds is 6. The molecule has 1 saturated carbocycles. The zero-order chi connectivity index (χ0) is 13.3. The highest BCUT2D eigenvalue weighted by Crippen LogP contribution is 2.48. The van der Waals surface area contributed by atoms with Gasteiger partial charge in [0.2, 0.25) is 0 Å². The average molecular weight is 257 g/mol. The van der Waals surface area contributed by atoms with E-state index in [1.807, 2.05) is 11.7 Å². The standard InChI is InChI=1S/C16H23N3/c1-3-8-16(9-10-16)12-17-11-14-13-6-4-5-7-15(13)19(2)18-14/h4-7,17H,3,8-12H2,1-2H3. The Balaban J connectivity index is 1.66. The maximum absolute atomic E-state index is 4.63. The second-order valence-corrected chi connectivity index (χ2v) is 5.94. The molecule has 1 aliphatic carbocycles. The molecule has 0 aliphatic heterocycles. The van der Waals surface area contributed by atoms with Crippen LogP contribution in [0.25, 0.3) is 10.9 Å². The highest BCUT2D eigenvalue weighted by molar-refractivity contribution is 5.81. The van der Waals surface area contributed by atoms with Crippen LogP contribution in [0.1, 0.15) is 38.3 Å². The second kappa shape index (κ2) is 4.97. The normalized spacial score (nSPS) is 16.9. The fraction of sp³-hybridized carbons (Fsp3) is 0.562. The fourth-order valence-electron chi connectivity index (χ4n) is 3.09. The van der Waals surface area contributed by atoms with Crippen molar-refractivity contribution < 1.29 is 0 Å². The first-order valence-electron chi connectivity index (χ1n) is 7.35. The van der Waals surface area contributed by atoms with Crippen molar-refractivity contribution in [1.29, 1.82) is 0 Å². The molecule has 3 nitrogen and oxygen atoms in total. The quantitative estimate of drug-likeness (QED) is 0.861. The summed E-state index contributed by atoms with van der Waals surface area (Å²) in [6, 6.07) is 8.46. The smallest absolute Gasteiger partial charge is 0.0841 e. The van der Waals surface area contributed by atoms with Crippen LogP contribution in [0.5, 0.6) is 0 Å². The van der Waals surface area contributed by atoms with Gasteiger partial charge in [-0.3, -0.25) is 4.68 Å². The van der Waals surface area contributed by atoms with E-state index in [2.05, 4.69) is 41.6 Å². The van der Waals surface area contributed by atoms with Crippen molar-refractivity contribution in [2.45, 2.75) is 39.2 Å². The summed E-state index contributed by atoms with van der Waals surface area (Å²) in [5.74, 6) is 0. The summed E-state index contributed by atoms with van der Waals surface area (Å²) < 4.78 is 1.98. The van der Waals surface area contributed by atoms with E-state index < -0.39 is 0 Å². The van der Waals surface area contributed by atoms with Crippen LogP contribution < -0.4 is 5.32 Å². The van der Waals surface area contributed by atoms with Crippen LogP contribution in [0.15, 0.2) is 24.3 Å². The number of nitrogens with one attached hydrogen (secondary N) is 1. The van der Waals surface area contributed by atoms with Gasteiger partial charge in [-0.15, -0.1) is 0 Å². The molecule has 0 bridgehead atoms. The van der Waals surface area contributed by atoms with Gasteiger partial charge in [0.05, 0.1) is 11.2 Å². The van der Waals surface area contributed by atoms with Crippen LogP contribution in [0.3, 0.4) is 0 Å². The van der Waals surface area contributed by atoms with Crippen LogP contribution in [-0.2, 0) is 13.6 Å². The van der Waals surface area contributed by atoms with Crippen LogP contribution >= 0.6 is 0 Å². The third-order valence-electron chi connectivity index (χ3n) is 4.36. The van der Waals surface area contributed by atoms with E-state index in [4.69, 9.17) is 0 Å². The van der Waals surface area contributed by atoms with E-state index >= 15 is 0 Å². The number of hydrogen-bond donors (Lipinski definition) is 1. The van der Waals surface area contributed by atoms with E-state index in [9.17, 15) is 0 Å². The molecule has 0 unspecified atom stereocenters. The highest BCUT2D eigenvalue weighted by Gasteiger charge is 2.40. The molecule has 3 rings (SSSR count). The van der Waals surface area contributed by atoms with Crippen molar-refractivity contribution in [2.24, 2.45) is 12.5 Å². The molecule has 102 valence electrons. The summed E-state index contributed by atoms with van der Waals surface area (Å²) in [5.41, 5.74) is 3.00. The zero-order valence-corrected chi connectivity index (χ0v) is 11.9. The summed E-state index contributed by atoms with van der Waals surface area (Å²) in [6.07, 6.45) is 5.46. The lowest BCUT2D eigenvalue weighted by Crippen LogP contribution is -2.23. The van der Waals surface area contributed by atoms with Gasteiger partial charge in [-0.25, -0.2) is 0 Å². The number of fused-ring (bicyclic) bond motifs is 1. The van der Waals surface area contributed by atoms with Gasteiger partial charge in [-0.2, -0.15) is 5.10 Å². The van der Waals surface area contributed by atoms with Gasteiger partial charge in [-0.1, -0.05) is 31.5 Å². The van der Waals surface area contributed by atoms with Gasteiger partial charge >= 0.3 is 0 Å². The molecule has 1 fully saturated rings. The van der Waals surface area contributed by atoms with Gasteiger partial charge in [0.25, 0.3) is 0 Å². The first-order valence-corrected chi connectivity index (χ1v) is 7.35. The average Bonchev–Trinajstić information content (AvgIpc) is 3.10. The number of benzene rings is 1. The molecule has 1 aliphatic rings. The first kappa shape index (κ1) is 12.7. The van der Waals surface area contributed by atoms with Crippen molar-refractivity contribution in [1.82, 2.24) is 15.1 Å². The lowest BCUT2D eigenvalue weighted by Gasteiger charge is -2.14. The molecule has 1 aromatic heterocycles. The van der Waals surface area contributed by atoms with E-state index in [0.29, 0.717) is 5.41 Å². The topological polar surface area (TPSA) is 29.9 Å². The van der Waals surface area contributed by atoms with Gasteiger partial charge in [0.15, 0.2) is 0 Å². The molecule has 0 radical (unpaired) electrons. The SMILES string of the molecule is CCCC1(CNCc2nn(C)c3ccccc23)CC1. The maximum atomic E-state index is 4.63. The van der Waals surface area contributed by atoms with Gasteiger partial charge in [0.1, 0.15) is 0 Å². The Morgan fingerprint density at radius 3 is 2.84 bits per heavy atom. The molecule has 2 aromatic rings. The van der Waals surface area contributed by atoms with Gasteiger partial charge < -0.3 is 5.32 Å². The molecule has 1 heterocycles. The predicted molar refractivity (Wildman–Crippen MR) is 79.0 cm³/mol. The minimum absolute atomic E-state index is 0.610. The van der Waals surface area contributed by atoms with E-state index in [-0.39, 0.29) is 0 Å². The summed E-state index contributed by atoms with van der Waals surface area (Å²) in [7, 11) is 2.02. The van der Waals surface area contributed by atoms with Gasteiger partial charge in [0, 0.05) is 25.5 Å². The molecule has 1 N–H and O–H groups in total. The molecule has 0 amide bonds. The number of hydrogen-bond acceptors (Lipinski definition) is 2. The molecule has 1 aromatic carbocycles. The molecule has 0 spiro atoms. The third-order valence-corrected chi connectivity index (χ3v) is 4.36. The molecular weight excluding hydrogens is 234 g/mol. The molecule has 19 heavy (non-hydrogen) atoms. The Morgan fingerprint density at radius 1 is 1.32 bits per heavy atom. The zero-order valence-electron chi connectivity index (χ0n) is 11.9. The van der Waals surface area contributed by atoms with Gasteiger partial charge in [-0.05, 0) is 30.7 Å². The summed E-state index contributed by atoms with van der Waals surface area (Å²) in [4.78, 5) is 0. The van der Waals surface area contributed by atoms with Crippen molar-refractivity contribution >= 4 is 10.9 Å². The van der Waals surface area contributed by atoms with Crippen molar-refractivity contribution in [3.8, 4) is 0 Å². The van der Waals surface area contributed by atoms with Crippen molar-refractivity contribution in [2.75, 3.05) is 6.54 Å². The Hall–Kier alpha value is -1.35. The molecule has 3 heteroatoms. The van der Waals surface area contributed by atoms with E-state index in [0.717, 1.165) is 13.1 Å². The Kier molecular flexibility index (Phi) is 3.31. The number of aromatic nitrogens is 2. The Morgan fingerprint density at radius 2 is 2.11 bits per heavy atom. The number of para-hydroxylation sites is 1. The summed E-state index contributed by atoms with van der Waals surface area (Å²) in [5, 5.41) is 9.52. The van der Waals surface area contributed by atoms with Crippen LogP contribution in [0.2, 0.25) is 0 Å². The predicted octanol–water partition coefficient (Wildman–Crippen LogP) is 3.24. The minimum atomic E-state index is 0.610. The second-order valence-electron chi connectivity index (χ2n) is 5.94. The monoisotopic (exact) mass is 257 g/mol. The lowest BCUT2D eigenvalue weighted by molar-refractivity contribution is 0.419.